The fourth-order valence-electron chi connectivity index (χ4n) is 1.95. The van der Waals surface area contributed by atoms with Crippen LogP contribution in [0.4, 0.5) is 0 Å². The molecule has 1 aromatic rings. The Kier molecular flexibility index (Phi) is 3.91. The molecule has 6 nitrogen and oxygen atoms in total. The average Bonchev–Trinajstić information content (AvgIpc) is 2.92. The monoisotopic (exact) mass is 302 g/mol. The van der Waals surface area contributed by atoms with Crippen LogP contribution in [0.2, 0.25) is 0 Å². The van der Waals surface area contributed by atoms with Crippen LogP contribution in [-0.2, 0) is 9.84 Å². The number of nitrogens with two attached hydrogens (primary N) is 1. The molecule has 0 saturated carbocycles. The zero-order valence-corrected chi connectivity index (χ0v) is 11.7. The summed E-state index contributed by atoms with van der Waals surface area (Å²) in [6.07, 6.45) is 0.583. The molecular formula is C11H14N2O4S2. The number of amides is 2. The number of hydrogen-bond acceptors (Lipinski definition) is 5. The SMILES string of the molecule is NC(=O)c1ccc(C(=O)NC[C@H]2CCS(=O)(=O)C2)s1. The molecule has 1 aromatic heterocycles. The second-order valence-electron chi connectivity index (χ2n) is 4.51. The van der Waals surface area contributed by atoms with Gasteiger partial charge in [0.2, 0.25) is 0 Å². The number of carbonyl (C=O) groups is 2. The van der Waals surface area contributed by atoms with Crippen molar-refractivity contribution in [2.45, 2.75) is 6.42 Å². The standard InChI is InChI=1S/C11H14N2O4S2/c12-10(14)8-1-2-9(18-8)11(15)13-5-7-3-4-19(16,17)6-7/h1-2,7H,3-6H2,(H2,12,14)(H,13,15)/t7-/m1/s1. The Balaban J connectivity index is 1.89. The van der Waals surface area contributed by atoms with Gasteiger partial charge < -0.3 is 11.1 Å². The highest BCUT2D eigenvalue weighted by molar-refractivity contribution is 7.91. The summed E-state index contributed by atoms with van der Waals surface area (Å²) < 4.78 is 22.5. The largest absolute Gasteiger partial charge is 0.365 e. The summed E-state index contributed by atoms with van der Waals surface area (Å²) in [4.78, 5) is 23.4. The van der Waals surface area contributed by atoms with E-state index in [2.05, 4.69) is 5.32 Å². The molecule has 104 valence electrons. The molecule has 2 rings (SSSR count). The van der Waals surface area contributed by atoms with Gasteiger partial charge in [-0.05, 0) is 24.5 Å². The molecule has 1 aliphatic heterocycles. The number of sulfone groups is 1. The van der Waals surface area contributed by atoms with E-state index in [1.165, 1.54) is 12.1 Å². The van der Waals surface area contributed by atoms with Crippen LogP contribution in [0, 0.1) is 5.92 Å². The van der Waals surface area contributed by atoms with E-state index in [9.17, 15) is 18.0 Å². The molecule has 0 bridgehead atoms. The van der Waals surface area contributed by atoms with Gasteiger partial charge in [-0.15, -0.1) is 11.3 Å². The summed E-state index contributed by atoms with van der Waals surface area (Å²) in [7, 11) is -2.92. The fraction of sp³-hybridized carbons (Fsp3) is 0.455. The van der Waals surface area contributed by atoms with Crippen LogP contribution in [0.1, 0.15) is 25.8 Å². The summed E-state index contributed by atoms with van der Waals surface area (Å²) in [5.41, 5.74) is 5.10. The normalized spacial score (nSPS) is 21.2. The summed E-state index contributed by atoms with van der Waals surface area (Å²) in [5.74, 6) is -0.569. The van der Waals surface area contributed by atoms with Crippen LogP contribution >= 0.6 is 11.3 Å². The summed E-state index contributed by atoms with van der Waals surface area (Å²) >= 11 is 1.03. The van der Waals surface area contributed by atoms with Gasteiger partial charge in [-0.25, -0.2) is 8.42 Å². The zero-order valence-electron chi connectivity index (χ0n) is 10.1. The molecular weight excluding hydrogens is 288 g/mol. The predicted molar refractivity (Wildman–Crippen MR) is 71.9 cm³/mol. The van der Waals surface area contributed by atoms with Crippen molar-refractivity contribution >= 4 is 33.0 Å². The minimum atomic E-state index is -2.92. The Morgan fingerprint density at radius 2 is 2.05 bits per heavy atom. The number of hydrogen-bond donors (Lipinski definition) is 2. The second kappa shape index (κ2) is 5.30. The third-order valence-corrected chi connectivity index (χ3v) is 5.89. The number of thiophene rings is 1. The van der Waals surface area contributed by atoms with Gasteiger partial charge >= 0.3 is 0 Å². The predicted octanol–water partition coefficient (Wildman–Crippen LogP) is 0.0115. The molecule has 19 heavy (non-hydrogen) atoms. The molecule has 2 amide bonds. The lowest BCUT2D eigenvalue weighted by atomic mass is 10.1. The molecule has 2 heterocycles. The molecule has 3 N–H and O–H groups in total. The van der Waals surface area contributed by atoms with Crippen LogP contribution in [0.5, 0.6) is 0 Å². The third kappa shape index (κ3) is 3.54. The first-order valence-corrected chi connectivity index (χ1v) is 8.39. The molecule has 1 aliphatic rings. The van der Waals surface area contributed by atoms with E-state index in [1.807, 2.05) is 0 Å². The fourth-order valence-corrected chi connectivity index (χ4v) is 4.59. The van der Waals surface area contributed by atoms with Crippen molar-refractivity contribution in [1.82, 2.24) is 5.32 Å². The van der Waals surface area contributed by atoms with Gasteiger partial charge in [0.05, 0.1) is 21.3 Å². The summed E-state index contributed by atoms with van der Waals surface area (Å²) in [6, 6.07) is 3.04. The van der Waals surface area contributed by atoms with Gasteiger partial charge in [0.1, 0.15) is 0 Å². The van der Waals surface area contributed by atoms with Crippen molar-refractivity contribution < 1.29 is 18.0 Å². The van der Waals surface area contributed by atoms with E-state index < -0.39 is 15.7 Å². The number of nitrogens with one attached hydrogen (secondary N) is 1. The molecule has 8 heteroatoms. The first-order chi connectivity index (χ1) is 8.87. The van der Waals surface area contributed by atoms with Crippen molar-refractivity contribution in [3.8, 4) is 0 Å². The van der Waals surface area contributed by atoms with Crippen LogP contribution in [0.3, 0.4) is 0 Å². The number of rotatable bonds is 4. The van der Waals surface area contributed by atoms with E-state index in [0.717, 1.165) is 11.3 Å². The van der Waals surface area contributed by atoms with Gasteiger partial charge in [0.25, 0.3) is 11.8 Å². The Hall–Kier alpha value is -1.41. The van der Waals surface area contributed by atoms with Gasteiger partial charge in [-0.2, -0.15) is 0 Å². The first kappa shape index (κ1) is 14.0. The molecule has 1 fully saturated rings. The second-order valence-corrected chi connectivity index (χ2v) is 7.82. The number of primary amides is 1. The van der Waals surface area contributed by atoms with Crippen LogP contribution in [-0.4, -0.2) is 38.3 Å². The lowest BCUT2D eigenvalue weighted by Crippen LogP contribution is -2.29. The quantitative estimate of drug-likeness (QED) is 0.817. The van der Waals surface area contributed by atoms with Crippen molar-refractivity contribution in [1.29, 1.82) is 0 Å². The lowest BCUT2D eigenvalue weighted by Gasteiger charge is -2.08. The van der Waals surface area contributed by atoms with Gasteiger partial charge in [-0.1, -0.05) is 0 Å². The molecule has 1 saturated heterocycles. The molecule has 0 radical (unpaired) electrons. The Morgan fingerprint density at radius 1 is 1.37 bits per heavy atom. The van der Waals surface area contributed by atoms with E-state index in [-0.39, 0.29) is 23.3 Å². The molecule has 0 unspecified atom stereocenters. The maximum atomic E-state index is 11.8. The minimum Gasteiger partial charge on any atom is -0.365 e. The van der Waals surface area contributed by atoms with Gasteiger partial charge in [-0.3, -0.25) is 9.59 Å². The average molecular weight is 302 g/mol. The molecule has 0 aliphatic carbocycles. The smallest absolute Gasteiger partial charge is 0.261 e. The highest BCUT2D eigenvalue weighted by Gasteiger charge is 2.28. The van der Waals surface area contributed by atoms with Gasteiger partial charge in [0, 0.05) is 6.54 Å². The third-order valence-electron chi connectivity index (χ3n) is 2.95. The highest BCUT2D eigenvalue weighted by Crippen LogP contribution is 2.19. The van der Waals surface area contributed by atoms with Crippen molar-refractivity contribution in [3.63, 3.8) is 0 Å². The Morgan fingerprint density at radius 3 is 2.58 bits per heavy atom. The van der Waals surface area contributed by atoms with Crippen LogP contribution in [0.25, 0.3) is 0 Å². The van der Waals surface area contributed by atoms with E-state index >= 15 is 0 Å². The molecule has 1 atom stereocenters. The Bertz CT molecular complexity index is 606. The maximum absolute atomic E-state index is 11.8. The minimum absolute atomic E-state index is 0.0236. The summed E-state index contributed by atoms with van der Waals surface area (Å²) in [6.45, 7) is 0.335. The topological polar surface area (TPSA) is 106 Å². The van der Waals surface area contributed by atoms with Crippen molar-refractivity contribution in [3.05, 3.63) is 21.9 Å². The maximum Gasteiger partial charge on any atom is 0.261 e. The van der Waals surface area contributed by atoms with Crippen molar-refractivity contribution in [2.24, 2.45) is 11.7 Å². The lowest BCUT2D eigenvalue weighted by molar-refractivity contribution is 0.0951. The van der Waals surface area contributed by atoms with Crippen LogP contribution in [0.15, 0.2) is 12.1 Å². The van der Waals surface area contributed by atoms with Crippen molar-refractivity contribution in [2.75, 3.05) is 18.1 Å². The Labute approximate surface area is 114 Å². The van der Waals surface area contributed by atoms with E-state index in [0.29, 0.717) is 22.7 Å². The highest BCUT2D eigenvalue weighted by atomic mass is 32.2. The van der Waals surface area contributed by atoms with E-state index in [4.69, 9.17) is 5.73 Å². The molecule has 0 spiro atoms. The first-order valence-electron chi connectivity index (χ1n) is 5.75. The number of carbonyl (C=O) groups excluding carboxylic acids is 2. The van der Waals surface area contributed by atoms with Gasteiger partial charge in [0.15, 0.2) is 9.84 Å². The summed E-state index contributed by atoms with van der Waals surface area (Å²) in [5, 5.41) is 2.69. The zero-order chi connectivity index (χ0) is 14.0. The van der Waals surface area contributed by atoms with E-state index in [1.54, 1.807) is 0 Å². The van der Waals surface area contributed by atoms with Crippen LogP contribution < -0.4 is 11.1 Å². The molecule has 0 aromatic carbocycles.